The SMILES string of the molecule is CCS(=O)(=O)c1c(N)nsc1NC1CCCC(C)C1. The molecule has 1 aliphatic rings. The van der Waals surface area contributed by atoms with Crippen molar-refractivity contribution in [2.45, 2.75) is 50.5 Å². The van der Waals surface area contributed by atoms with Gasteiger partial charge < -0.3 is 11.1 Å². The summed E-state index contributed by atoms with van der Waals surface area (Å²) >= 11 is 1.15. The molecule has 0 saturated heterocycles. The van der Waals surface area contributed by atoms with Crippen LogP contribution in [0.15, 0.2) is 4.90 Å². The van der Waals surface area contributed by atoms with Crippen molar-refractivity contribution in [3.8, 4) is 0 Å². The van der Waals surface area contributed by atoms with Crippen molar-refractivity contribution in [1.29, 1.82) is 0 Å². The number of nitrogens with zero attached hydrogens (tertiary/aromatic N) is 1. The van der Waals surface area contributed by atoms with Gasteiger partial charge in [-0.05, 0) is 30.3 Å². The van der Waals surface area contributed by atoms with E-state index in [2.05, 4.69) is 16.6 Å². The summed E-state index contributed by atoms with van der Waals surface area (Å²) in [5.74, 6) is 0.853. The fourth-order valence-corrected chi connectivity index (χ4v) is 4.81. The average molecular weight is 303 g/mol. The highest BCUT2D eigenvalue weighted by Gasteiger charge is 2.26. The van der Waals surface area contributed by atoms with Crippen LogP contribution in [0.3, 0.4) is 0 Å². The van der Waals surface area contributed by atoms with Crippen molar-refractivity contribution < 1.29 is 8.42 Å². The summed E-state index contributed by atoms with van der Waals surface area (Å²) in [5.41, 5.74) is 5.72. The highest BCUT2D eigenvalue weighted by molar-refractivity contribution is 7.91. The van der Waals surface area contributed by atoms with Crippen LogP contribution in [0, 0.1) is 5.92 Å². The average Bonchev–Trinajstić information content (AvgIpc) is 2.71. The van der Waals surface area contributed by atoms with E-state index in [4.69, 9.17) is 5.73 Å². The number of aromatic nitrogens is 1. The molecule has 0 spiro atoms. The molecule has 0 bridgehead atoms. The molecule has 1 fully saturated rings. The van der Waals surface area contributed by atoms with E-state index >= 15 is 0 Å². The molecule has 1 saturated carbocycles. The summed E-state index contributed by atoms with van der Waals surface area (Å²) in [4.78, 5) is 0.193. The quantitative estimate of drug-likeness (QED) is 0.892. The molecular weight excluding hydrogens is 282 g/mol. The first kappa shape index (κ1) is 14.6. The Kier molecular flexibility index (Phi) is 4.35. The smallest absolute Gasteiger partial charge is 0.184 e. The lowest BCUT2D eigenvalue weighted by Gasteiger charge is -2.27. The number of nitrogens with two attached hydrogens (primary N) is 1. The monoisotopic (exact) mass is 303 g/mol. The summed E-state index contributed by atoms with van der Waals surface area (Å²) in [6, 6.07) is 0.328. The molecule has 108 valence electrons. The highest BCUT2D eigenvalue weighted by Crippen LogP contribution is 2.35. The van der Waals surface area contributed by atoms with E-state index < -0.39 is 9.84 Å². The highest BCUT2D eigenvalue weighted by atomic mass is 32.2. The van der Waals surface area contributed by atoms with Crippen molar-refractivity contribution in [1.82, 2.24) is 4.37 Å². The Labute approximate surface area is 118 Å². The molecule has 7 heteroatoms. The van der Waals surface area contributed by atoms with Gasteiger partial charge in [0.15, 0.2) is 15.7 Å². The van der Waals surface area contributed by atoms with Crippen molar-refractivity contribution in [2.24, 2.45) is 5.92 Å². The molecule has 2 unspecified atom stereocenters. The summed E-state index contributed by atoms with van der Waals surface area (Å²) in [6.07, 6.45) is 4.59. The molecule has 3 N–H and O–H groups in total. The number of anilines is 2. The second-order valence-corrected chi connectivity index (χ2v) is 8.23. The van der Waals surface area contributed by atoms with Crippen LogP contribution in [0.25, 0.3) is 0 Å². The zero-order valence-corrected chi connectivity index (χ0v) is 13.0. The number of hydrogen-bond acceptors (Lipinski definition) is 6. The maximum atomic E-state index is 12.1. The number of sulfone groups is 1. The van der Waals surface area contributed by atoms with E-state index in [0.717, 1.165) is 24.4 Å². The van der Waals surface area contributed by atoms with Gasteiger partial charge in [0.25, 0.3) is 0 Å². The molecule has 1 aromatic rings. The lowest BCUT2D eigenvalue weighted by molar-refractivity contribution is 0.359. The Bertz CT molecular complexity index is 539. The van der Waals surface area contributed by atoms with Crippen LogP contribution in [0.1, 0.15) is 39.5 Å². The fourth-order valence-electron chi connectivity index (χ4n) is 2.58. The van der Waals surface area contributed by atoms with Gasteiger partial charge in [-0.25, -0.2) is 8.42 Å². The van der Waals surface area contributed by atoms with Crippen molar-refractivity contribution in [3.05, 3.63) is 0 Å². The lowest BCUT2D eigenvalue weighted by atomic mass is 9.87. The van der Waals surface area contributed by atoms with Gasteiger partial charge >= 0.3 is 0 Å². The first-order chi connectivity index (χ1) is 8.94. The van der Waals surface area contributed by atoms with Crippen LogP contribution in [0.4, 0.5) is 10.8 Å². The van der Waals surface area contributed by atoms with Crippen LogP contribution in [-0.4, -0.2) is 24.6 Å². The Morgan fingerprint density at radius 3 is 2.84 bits per heavy atom. The Hall–Kier alpha value is -0.820. The summed E-state index contributed by atoms with van der Waals surface area (Å²) < 4.78 is 28.1. The Morgan fingerprint density at radius 2 is 2.21 bits per heavy atom. The molecule has 2 rings (SSSR count). The predicted octanol–water partition coefficient (Wildman–Crippen LogP) is 2.51. The number of hydrogen-bond donors (Lipinski definition) is 2. The first-order valence-corrected chi connectivity index (χ1v) is 9.11. The van der Waals surface area contributed by atoms with Gasteiger partial charge in [-0.1, -0.05) is 26.7 Å². The van der Waals surface area contributed by atoms with E-state index in [-0.39, 0.29) is 16.5 Å². The van der Waals surface area contributed by atoms with Crippen LogP contribution in [-0.2, 0) is 9.84 Å². The molecule has 1 aromatic heterocycles. The zero-order valence-electron chi connectivity index (χ0n) is 11.3. The molecule has 0 aromatic carbocycles. The van der Waals surface area contributed by atoms with E-state index in [9.17, 15) is 8.42 Å². The number of rotatable bonds is 4. The minimum Gasteiger partial charge on any atom is -0.382 e. The first-order valence-electron chi connectivity index (χ1n) is 6.68. The molecule has 2 atom stereocenters. The third kappa shape index (κ3) is 3.20. The van der Waals surface area contributed by atoms with E-state index in [0.29, 0.717) is 17.0 Å². The molecule has 1 aliphatic carbocycles. The van der Waals surface area contributed by atoms with Gasteiger partial charge in [0.05, 0.1) is 5.75 Å². The Balaban J connectivity index is 2.22. The molecule has 19 heavy (non-hydrogen) atoms. The van der Waals surface area contributed by atoms with Gasteiger partial charge in [-0.15, -0.1) is 0 Å². The number of nitrogens with one attached hydrogen (secondary N) is 1. The van der Waals surface area contributed by atoms with Gasteiger partial charge in [-0.3, -0.25) is 0 Å². The largest absolute Gasteiger partial charge is 0.382 e. The summed E-state index contributed by atoms with van der Waals surface area (Å²) in [7, 11) is -3.32. The zero-order chi connectivity index (χ0) is 14.0. The summed E-state index contributed by atoms with van der Waals surface area (Å²) in [5, 5.41) is 3.95. The van der Waals surface area contributed by atoms with Crippen molar-refractivity contribution in [3.63, 3.8) is 0 Å². The second-order valence-electron chi connectivity index (χ2n) is 5.24. The third-order valence-electron chi connectivity index (χ3n) is 3.64. The van der Waals surface area contributed by atoms with Gasteiger partial charge in [0.1, 0.15) is 9.90 Å². The van der Waals surface area contributed by atoms with Crippen LogP contribution in [0.5, 0.6) is 0 Å². The van der Waals surface area contributed by atoms with E-state index in [1.54, 1.807) is 6.92 Å². The van der Waals surface area contributed by atoms with E-state index in [1.165, 1.54) is 12.8 Å². The fraction of sp³-hybridized carbons (Fsp3) is 0.750. The molecule has 0 amide bonds. The molecule has 0 aliphatic heterocycles. The standard InChI is InChI=1S/C12H21N3O2S2/c1-3-19(16,17)10-11(13)15-18-12(10)14-9-6-4-5-8(2)7-9/h8-9,14H,3-7H2,1-2H3,(H2,13,15). The number of nitrogen functional groups attached to an aromatic ring is 1. The van der Waals surface area contributed by atoms with Crippen molar-refractivity contribution in [2.75, 3.05) is 16.8 Å². The van der Waals surface area contributed by atoms with Crippen LogP contribution in [0.2, 0.25) is 0 Å². The van der Waals surface area contributed by atoms with Gasteiger partial charge in [-0.2, -0.15) is 4.37 Å². The third-order valence-corrected chi connectivity index (χ3v) is 6.35. The molecule has 5 nitrogen and oxygen atoms in total. The molecule has 0 radical (unpaired) electrons. The Morgan fingerprint density at radius 1 is 1.47 bits per heavy atom. The topological polar surface area (TPSA) is 85.1 Å². The molecular formula is C12H21N3O2S2. The minimum atomic E-state index is -3.32. The van der Waals surface area contributed by atoms with Crippen LogP contribution < -0.4 is 11.1 Å². The van der Waals surface area contributed by atoms with Crippen LogP contribution >= 0.6 is 11.5 Å². The maximum absolute atomic E-state index is 12.1. The minimum absolute atomic E-state index is 0.0470. The maximum Gasteiger partial charge on any atom is 0.184 e. The second kappa shape index (κ2) is 5.66. The van der Waals surface area contributed by atoms with Crippen molar-refractivity contribution >= 4 is 32.2 Å². The van der Waals surface area contributed by atoms with Gasteiger partial charge in [0, 0.05) is 6.04 Å². The predicted molar refractivity (Wildman–Crippen MR) is 79.3 cm³/mol. The van der Waals surface area contributed by atoms with E-state index in [1.807, 2.05) is 0 Å². The lowest BCUT2D eigenvalue weighted by Crippen LogP contribution is -2.26. The summed E-state index contributed by atoms with van der Waals surface area (Å²) in [6.45, 7) is 3.86. The van der Waals surface area contributed by atoms with Gasteiger partial charge in [0.2, 0.25) is 0 Å². The normalized spacial score (nSPS) is 24.3. The molecule has 1 heterocycles.